The molecule has 0 aliphatic rings. The maximum atomic E-state index is 10.2. The molecule has 0 bridgehead atoms. The smallest absolute Gasteiger partial charge is 0.397 e. The third kappa shape index (κ3) is 22.1. The summed E-state index contributed by atoms with van der Waals surface area (Å²) < 4.78 is 33.0. The summed E-state index contributed by atoms with van der Waals surface area (Å²) in [6.45, 7) is 4.55. The van der Waals surface area contributed by atoms with Crippen LogP contribution in [0.25, 0.3) is 0 Å². The summed E-state index contributed by atoms with van der Waals surface area (Å²) in [7, 11) is -4.23. The van der Waals surface area contributed by atoms with E-state index in [0.29, 0.717) is 12.2 Å². The Morgan fingerprint density at radius 1 is 0.688 bits per heavy atom. The molecule has 1 aromatic carbocycles. The van der Waals surface area contributed by atoms with E-state index in [0.717, 1.165) is 24.8 Å². The molecule has 2 N–H and O–H groups in total. The van der Waals surface area contributed by atoms with Crippen LogP contribution in [0.2, 0.25) is 0 Å². The van der Waals surface area contributed by atoms with Crippen molar-refractivity contribution in [2.75, 3.05) is 6.61 Å². The van der Waals surface area contributed by atoms with E-state index in [1.54, 1.807) is 6.07 Å². The van der Waals surface area contributed by atoms with Crippen LogP contribution in [0.1, 0.15) is 122 Å². The van der Waals surface area contributed by atoms with Crippen LogP contribution in [-0.2, 0) is 21.0 Å². The lowest BCUT2D eigenvalue weighted by Gasteiger charge is -2.03. The van der Waals surface area contributed by atoms with E-state index in [-0.39, 0.29) is 6.61 Å². The summed E-state index contributed by atoms with van der Waals surface area (Å²) >= 11 is 0. The summed E-state index contributed by atoms with van der Waals surface area (Å²) in [6, 6.07) is 7.65. The van der Waals surface area contributed by atoms with Gasteiger partial charge in [0.25, 0.3) is 0 Å². The minimum atomic E-state index is -4.23. The zero-order valence-corrected chi connectivity index (χ0v) is 21.4. The molecule has 0 aliphatic carbocycles. The van der Waals surface area contributed by atoms with Gasteiger partial charge in [-0.05, 0) is 30.9 Å². The van der Waals surface area contributed by atoms with Gasteiger partial charge in [-0.15, -0.1) is 0 Å². The fourth-order valence-corrected chi connectivity index (χ4v) is 3.90. The molecule has 1 rings (SSSR count). The average molecular weight is 473 g/mol. The van der Waals surface area contributed by atoms with Gasteiger partial charge >= 0.3 is 10.4 Å². The lowest BCUT2D eigenvalue weighted by Crippen LogP contribution is -2.04. The second-order valence-electron chi connectivity index (χ2n) is 8.58. The molecule has 0 saturated heterocycles. The van der Waals surface area contributed by atoms with Gasteiger partial charge in [-0.25, -0.2) is 4.18 Å². The molecular weight excluding hydrogens is 424 g/mol. The number of phenols is 1. The molecule has 188 valence electrons. The molecule has 0 aliphatic heterocycles. The van der Waals surface area contributed by atoms with Crippen LogP contribution in [0.5, 0.6) is 5.75 Å². The van der Waals surface area contributed by atoms with E-state index >= 15 is 0 Å². The summed E-state index contributed by atoms with van der Waals surface area (Å²) in [5.74, 6) is 0.450. The number of unbranched alkanes of at least 4 members (excludes halogenated alkanes) is 14. The van der Waals surface area contributed by atoms with Crippen LogP contribution >= 0.6 is 0 Å². The molecule has 0 atom stereocenters. The third-order valence-corrected chi connectivity index (χ3v) is 5.99. The highest BCUT2D eigenvalue weighted by molar-refractivity contribution is 7.80. The standard InChI is InChI=1S/C14H22O.C12H26O4S/c1-2-3-4-5-6-7-10-13-11-8-9-12-14(13)15;1-2-3-4-5-6-7-8-9-10-11-12-16-17(13,14)15/h8-9,11-12,15H,2-7,10H2,1H3;2-12H2,1H3,(H,13,14,15). The topological polar surface area (TPSA) is 83.8 Å². The normalized spacial score (nSPS) is 11.2. The number of aryl methyl sites for hydroxylation is 1. The molecule has 0 fully saturated rings. The first kappa shape index (κ1) is 30.9. The van der Waals surface area contributed by atoms with Crippen molar-refractivity contribution in [3.63, 3.8) is 0 Å². The van der Waals surface area contributed by atoms with Crippen LogP contribution in [0, 0.1) is 0 Å². The van der Waals surface area contributed by atoms with Gasteiger partial charge in [-0.3, -0.25) is 4.55 Å². The second kappa shape index (κ2) is 21.7. The molecule has 5 nitrogen and oxygen atoms in total. The molecule has 0 saturated carbocycles. The molecule has 0 unspecified atom stereocenters. The number of hydrogen-bond acceptors (Lipinski definition) is 4. The number of para-hydroxylation sites is 1. The summed E-state index contributed by atoms with van der Waals surface area (Å²) in [4.78, 5) is 0. The van der Waals surface area contributed by atoms with Crippen molar-refractivity contribution < 1.29 is 22.3 Å². The molecule has 32 heavy (non-hydrogen) atoms. The van der Waals surface area contributed by atoms with Crippen LogP contribution in [-0.4, -0.2) is 24.7 Å². The van der Waals surface area contributed by atoms with Crippen molar-refractivity contribution in [3.8, 4) is 5.75 Å². The Morgan fingerprint density at radius 2 is 1.12 bits per heavy atom. The van der Waals surface area contributed by atoms with E-state index in [1.807, 2.05) is 18.2 Å². The SMILES string of the molecule is CCCCCCCCCCCCOS(=O)(=O)O.CCCCCCCCc1ccccc1O. The lowest BCUT2D eigenvalue weighted by atomic mass is 10.0. The van der Waals surface area contributed by atoms with Gasteiger partial charge in [0, 0.05) is 0 Å². The van der Waals surface area contributed by atoms with Gasteiger partial charge in [-0.1, -0.05) is 122 Å². The van der Waals surface area contributed by atoms with E-state index in [9.17, 15) is 13.5 Å². The lowest BCUT2D eigenvalue weighted by molar-refractivity contribution is 0.261. The Hall–Kier alpha value is -1.11. The number of hydrogen-bond donors (Lipinski definition) is 2. The van der Waals surface area contributed by atoms with Gasteiger partial charge in [-0.2, -0.15) is 8.42 Å². The molecule has 6 heteroatoms. The molecule has 1 aromatic rings. The van der Waals surface area contributed by atoms with Crippen molar-refractivity contribution in [1.82, 2.24) is 0 Å². The summed E-state index contributed by atoms with van der Waals surface area (Å²) in [5, 5.41) is 9.55. The predicted octanol–water partition coefficient (Wildman–Crippen LogP) is 8.02. The number of phenolic OH excluding ortho intramolecular Hbond substituents is 1. The molecule has 0 heterocycles. The van der Waals surface area contributed by atoms with Crippen LogP contribution < -0.4 is 0 Å². The number of rotatable bonds is 19. The molecule has 0 amide bonds. The second-order valence-corrected chi connectivity index (χ2v) is 9.67. The Bertz CT molecular complexity index is 631. The Labute approximate surface area is 197 Å². The van der Waals surface area contributed by atoms with Crippen LogP contribution in [0.15, 0.2) is 24.3 Å². The van der Waals surface area contributed by atoms with Crippen LogP contribution in [0.4, 0.5) is 0 Å². The van der Waals surface area contributed by atoms with E-state index in [2.05, 4.69) is 18.0 Å². The van der Waals surface area contributed by atoms with Crippen molar-refractivity contribution in [2.24, 2.45) is 0 Å². The predicted molar refractivity (Wildman–Crippen MR) is 135 cm³/mol. The molecule has 0 radical (unpaired) electrons. The zero-order valence-electron chi connectivity index (χ0n) is 20.6. The largest absolute Gasteiger partial charge is 0.508 e. The third-order valence-electron chi connectivity index (χ3n) is 5.52. The quantitative estimate of drug-likeness (QED) is 0.157. The Kier molecular flexibility index (Phi) is 21.0. The maximum absolute atomic E-state index is 10.2. The minimum absolute atomic E-state index is 0.0926. The number of aromatic hydroxyl groups is 1. The van der Waals surface area contributed by atoms with Gasteiger partial charge in [0.05, 0.1) is 6.61 Å². The highest BCUT2D eigenvalue weighted by atomic mass is 32.3. The average Bonchev–Trinajstić information content (AvgIpc) is 2.75. The summed E-state index contributed by atoms with van der Waals surface area (Å²) in [5.41, 5.74) is 1.09. The van der Waals surface area contributed by atoms with E-state index in [4.69, 9.17) is 4.55 Å². The van der Waals surface area contributed by atoms with Crippen molar-refractivity contribution >= 4 is 10.4 Å². The Balaban J connectivity index is 0.000000604. The maximum Gasteiger partial charge on any atom is 0.397 e. The van der Waals surface area contributed by atoms with Crippen molar-refractivity contribution in [1.29, 1.82) is 0 Å². The first-order valence-corrected chi connectivity index (χ1v) is 14.2. The van der Waals surface area contributed by atoms with Gasteiger partial charge in [0.1, 0.15) is 5.75 Å². The minimum Gasteiger partial charge on any atom is -0.508 e. The van der Waals surface area contributed by atoms with Gasteiger partial charge in [0.2, 0.25) is 0 Å². The zero-order chi connectivity index (χ0) is 23.9. The van der Waals surface area contributed by atoms with Gasteiger partial charge < -0.3 is 5.11 Å². The fourth-order valence-electron chi connectivity index (χ4n) is 3.57. The number of benzene rings is 1. The monoisotopic (exact) mass is 472 g/mol. The highest BCUT2D eigenvalue weighted by Gasteiger charge is 2.02. The van der Waals surface area contributed by atoms with Crippen LogP contribution in [0.3, 0.4) is 0 Å². The first-order chi connectivity index (χ1) is 15.4. The Morgan fingerprint density at radius 3 is 1.59 bits per heavy atom. The molecule has 0 spiro atoms. The van der Waals surface area contributed by atoms with Crippen molar-refractivity contribution in [3.05, 3.63) is 29.8 Å². The fraction of sp³-hybridized carbons (Fsp3) is 0.769. The first-order valence-electron chi connectivity index (χ1n) is 12.8. The molecular formula is C26H48O5S. The van der Waals surface area contributed by atoms with Gasteiger partial charge in [0.15, 0.2) is 0 Å². The molecule has 0 aromatic heterocycles. The van der Waals surface area contributed by atoms with Crippen molar-refractivity contribution in [2.45, 2.75) is 123 Å². The summed E-state index contributed by atoms with van der Waals surface area (Å²) in [6.07, 6.45) is 20.7. The highest BCUT2D eigenvalue weighted by Crippen LogP contribution is 2.18. The van der Waals surface area contributed by atoms with E-state index < -0.39 is 10.4 Å². The van der Waals surface area contributed by atoms with E-state index in [1.165, 1.54) is 83.5 Å².